The molecule has 3 N–H and O–H groups in total. The highest BCUT2D eigenvalue weighted by Gasteiger charge is 2.20. The van der Waals surface area contributed by atoms with Gasteiger partial charge in [-0.25, -0.2) is 4.39 Å². The number of carbonyl (C=O) groups is 1. The van der Waals surface area contributed by atoms with E-state index in [4.69, 9.17) is 5.73 Å². The Morgan fingerprint density at radius 2 is 1.81 bits per heavy atom. The number of nitrogens with zero attached hydrogens (tertiary/aromatic N) is 3. The van der Waals surface area contributed by atoms with Crippen LogP contribution in [0.2, 0.25) is 0 Å². The number of halogens is 1. The zero-order valence-corrected chi connectivity index (χ0v) is 15.1. The molecule has 6 nitrogen and oxygen atoms in total. The van der Waals surface area contributed by atoms with Crippen LogP contribution in [0.5, 0.6) is 0 Å². The molecule has 138 valence electrons. The highest BCUT2D eigenvalue weighted by Crippen LogP contribution is 2.24. The number of anilines is 1. The van der Waals surface area contributed by atoms with Crippen molar-refractivity contribution in [1.29, 1.82) is 0 Å². The normalized spacial score (nSPS) is 11.2. The Hall–Kier alpha value is -3.35. The molecule has 1 amide bonds. The summed E-state index contributed by atoms with van der Waals surface area (Å²) < 4.78 is 13.1. The summed E-state index contributed by atoms with van der Waals surface area (Å²) in [6, 6.07) is 13.4. The van der Waals surface area contributed by atoms with Gasteiger partial charge in [0, 0.05) is 23.7 Å². The lowest BCUT2D eigenvalue weighted by Crippen LogP contribution is -2.28. The van der Waals surface area contributed by atoms with Gasteiger partial charge in [0.05, 0.1) is 5.69 Å². The summed E-state index contributed by atoms with van der Waals surface area (Å²) in [5.41, 5.74) is 7.59. The number of hydrogen-bond acceptors (Lipinski definition) is 5. The number of pyridine rings is 1. The zero-order valence-electron chi connectivity index (χ0n) is 15.1. The zero-order chi connectivity index (χ0) is 19.4. The van der Waals surface area contributed by atoms with E-state index in [1.807, 2.05) is 12.1 Å². The number of aromatic nitrogens is 3. The largest absolute Gasteiger partial charge is 0.368 e. The van der Waals surface area contributed by atoms with Gasteiger partial charge in [-0.05, 0) is 42.0 Å². The van der Waals surface area contributed by atoms with E-state index in [2.05, 4.69) is 34.3 Å². The predicted molar refractivity (Wildman–Crippen MR) is 102 cm³/mol. The molecule has 1 aromatic carbocycles. The van der Waals surface area contributed by atoms with Gasteiger partial charge in [0.25, 0.3) is 5.91 Å². The van der Waals surface area contributed by atoms with E-state index in [-0.39, 0.29) is 16.9 Å². The molecule has 0 radical (unpaired) electrons. The number of nitrogens with one attached hydrogen (secondary N) is 1. The van der Waals surface area contributed by atoms with Crippen LogP contribution in [0, 0.1) is 5.82 Å². The molecule has 0 fully saturated rings. The van der Waals surface area contributed by atoms with Crippen molar-refractivity contribution in [1.82, 2.24) is 15.2 Å². The Morgan fingerprint density at radius 3 is 2.37 bits per heavy atom. The molecule has 0 aliphatic heterocycles. The molecule has 0 aliphatic rings. The lowest BCUT2D eigenvalue weighted by molar-refractivity contribution is 0.0995. The van der Waals surface area contributed by atoms with E-state index < -0.39 is 5.91 Å². The van der Waals surface area contributed by atoms with E-state index in [1.54, 1.807) is 24.3 Å². The Bertz CT molecular complexity index is 922. The summed E-state index contributed by atoms with van der Waals surface area (Å²) in [4.78, 5) is 15.1. The Labute approximate surface area is 156 Å². The van der Waals surface area contributed by atoms with Crippen LogP contribution in [0.3, 0.4) is 0 Å². The Morgan fingerprint density at radius 1 is 1.07 bits per heavy atom. The number of benzene rings is 1. The predicted octanol–water partition coefficient (Wildman–Crippen LogP) is 3.17. The number of rotatable bonds is 6. The lowest BCUT2D eigenvalue weighted by atomic mass is 9.84. The third-order valence-electron chi connectivity index (χ3n) is 4.31. The van der Waals surface area contributed by atoms with Gasteiger partial charge in [0.15, 0.2) is 0 Å². The van der Waals surface area contributed by atoms with E-state index in [9.17, 15) is 9.18 Å². The molecule has 2 aromatic heterocycles. The van der Waals surface area contributed by atoms with E-state index in [0.29, 0.717) is 18.1 Å². The summed E-state index contributed by atoms with van der Waals surface area (Å²) >= 11 is 0. The first-order valence-corrected chi connectivity index (χ1v) is 8.45. The Balaban J connectivity index is 1.66. The van der Waals surface area contributed by atoms with Crippen molar-refractivity contribution in [3.05, 3.63) is 71.8 Å². The summed E-state index contributed by atoms with van der Waals surface area (Å²) in [5, 5.41) is 11.6. The highest BCUT2D eigenvalue weighted by atomic mass is 19.1. The van der Waals surface area contributed by atoms with Crippen LogP contribution in [-0.2, 0) is 5.41 Å². The second-order valence-electron chi connectivity index (χ2n) is 6.84. The first kappa shape index (κ1) is 18.4. The van der Waals surface area contributed by atoms with E-state index in [0.717, 1.165) is 11.1 Å². The minimum atomic E-state index is -0.573. The maximum Gasteiger partial charge on any atom is 0.267 e. The van der Waals surface area contributed by atoms with Crippen molar-refractivity contribution in [2.45, 2.75) is 19.3 Å². The fraction of sp³-hybridized carbons (Fsp3) is 0.200. The minimum Gasteiger partial charge on any atom is -0.368 e. The van der Waals surface area contributed by atoms with Gasteiger partial charge < -0.3 is 11.1 Å². The van der Waals surface area contributed by atoms with E-state index in [1.165, 1.54) is 18.3 Å². The van der Waals surface area contributed by atoms with Gasteiger partial charge in [-0.2, -0.15) is 0 Å². The molecule has 2 heterocycles. The summed E-state index contributed by atoms with van der Waals surface area (Å²) in [7, 11) is 0. The van der Waals surface area contributed by atoms with Crippen LogP contribution < -0.4 is 11.1 Å². The van der Waals surface area contributed by atoms with Crippen LogP contribution in [0.1, 0.15) is 29.9 Å². The summed E-state index contributed by atoms with van der Waals surface area (Å²) in [6.45, 7) is 4.75. The van der Waals surface area contributed by atoms with Gasteiger partial charge in [-0.1, -0.05) is 26.0 Å². The quantitative estimate of drug-likeness (QED) is 0.700. The summed E-state index contributed by atoms with van der Waals surface area (Å²) in [6.07, 6.45) is 1.54. The van der Waals surface area contributed by atoms with E-state index >= 15 is 0 Å². The number of hydrogen-bond donors (Lipinski definition) is 2. The standard InChI is InChI=1S/C20H20FN5O/c1-20(2,14-4-6-15(21)7-5-14)12-24-18-10-9-16(25-26-18)13-3-8-17(19(22)27)23-11-13/h3-11H,12H2,1-2H3,(H2,22,27)(H,24,26). The second-order valence-corrected chi connectivity index (χ2v) is 6.84. The molecule has 3 rings (SSSR count). The third-order valence-corrected chi connectivity index (χ3v) is 4.31. The van der Waals surface area contributed by atoms with Crippen molar-refractivity contribution >= 4 is 11.7 Å². The molecule has 3 aromatic rings. The molecule has 27 heavy (non-hydrogen) atoms. The van der Waals surface area contributed by atoms with Crippen LogP contribution in [0.25, 0.3) is 11.3 Å². The van der Waals surface area contributed by atoms with Crippen molar-refractivity contribution in [2.24, 2.45) is 5.73 Å². The van der Waals surface area contributed by atoms with Crippen molar-refractivity contribution in [3.63, 3.8) is 0 Å². The molecule has 0 bridgehead atoms. The monoisotopic (exact) mass is 365 g/mol. The first-order valence-electron chi connectivity index (χ1n) is 8.45. The molecule has 0 saturated heterocycles. The molecule has 7 heteroatoms. The van der Waals surface area contributed by atoms with Crippen LogP contribution in [0.4, 0.5) is 10.2 Å². The van der Waals surface area contributed by atoms with Gasteiger partial charge in [0.1, 0.15) is 17.3 Å². The second kappa shape index (κ2) is 7.49. The number of primary amides is 1. The maximum absolute atomic E-state index is 13.1. The number of amides is 1. The van der Waals surface area contributed by atoms with Crippen LogP contribution in [0.15, 0.2) is 54.7 Å². The molecule has 0 saturated carbocycles. The lowest BCUT2D eigenvalue weighted by Gasteiger charge is -2.25. The molecule has 0 atom stereocenters. The van der Waals surface area contributed by atoms with Crippen LogP contribution >= 0.6 is 0 Å². The average Bonchev–Trinajstić information content (AvgIpc) is 2.67. The minimum absolute atomic E-state index is 0.202. The topological polar surface area (TPSA) is 93.8 Å². The maximum atomic E-state index is 13.1. The fourth-order valence-corrected chi connectivity index (χ4v) is 2.59. The van der Waals surface area contributed by atoms with Gasteiger partial charge in [0.2, 0.25) is 0 Å². The van der Waals surface area contributed by atoms with Crippen molar-refractivity contribution < 1.29 is 9.18 Å². The summed E-state index contributed by atoms with van der Waals surface area (Å²) in [5.74, 6) is -0.186. The number of nitrogens with two attached hydrogens (primary N) is 1. The third kappa shape index (κ3) is 4.44. The molecular weight excluding hydrogens is 345 g/mol. The Kier molecular flexibility index (Phi) is 5.12. The van der Waals surface area contributed by atoms with Crippen molar-refractivity contribution in [3.8, 4) is 11.3 Å². The van der Waals surface area contributed by atoms with Gasteiger partial charge in [-0.15, -0.1) is 10.2 Å². The number of carbonyl (C=O) groups excluding carboxylic acids is 1. The SMILES string of the molecule is CC(C)(CNc1ccc(-c2ccc(C(N)=O)nc2)nn1)c1ccc(F)cc1. The van der Waals surface area contributed by atoms with Gasteiger partial charge >= 0.3 is 0 Å². The fourth-order valence-electron chi connectivity index (χ4n) is 2.59. The van der Waals surface area contributed by atoms with Crippen molar-refractivity contribution in [2.75, 3.05) is 11.9 Å². The average molecular weight is 365 g/mol. The molecule has 0 spiro atoms. The molecule has 0 aliphatic carbocycles. The first-order chi connectivity index (χ1) is 12.8. The smallest absolute Gasteiger partial charge is 0.267 e. The highest BCUT2D eigenvalue weighted by molar-refractivity contribution is 5.91. The molecular formula is C20H20FN5O. The van der Waals surface area contributed by atoms with Crippen LogP contribution in [-0.4, -0.2) is 27.6 Å². The van der Waals surface area contributed by atoms with Gasteiger partial charge in [-0.3, -0.25) is 9.78 Å². The molecule has 0 unspecified atom stereocenters.